The summed E-state index contributed by atoms with van der Waals surface area (Å²) in [5.41, 5.74) is 1.69. The molecule has 6 nitrogen and oxygen atoms in total. The quantitative estimate of drug-likeness (QED) is 0.657. The van der Waals surface area contributed by atoms with Crippen molar-refractivity contribution in [2.45, 2.75) is 13.2 Å². The molecule has 2 aromatic carbocycles. The summed E-state index contributed by atoms with van der Waals surface area (Å²) < 4.78 is 44.2. The van der Waals surface area contributed by atoms with Gasteiger partial charge in [0.15, 0.2) is 12.5 Å². The molecule has 1 aliphatic heterocycles. The standard InChI is InChI=1S/C19H14F2N2O4/c20-14-1-3-16(4-2-14)23-10-22-7-17(23)19(24)26-9-13-6-15(21)5-12-8-25-11-27-18(12)13/h1-7,10H,8-9,11H2. The van der Waals surface area contributed by atoms with Gasteiger partial charge >= 0.3 is 5.97 Å². The van der Waals surface area contributed by atoms with Crippen molar-refractivity contribution in [1.29, 1.82) is 0 Å². The van der Waals surface area contributed by atoms with Gasteiger partial charge in [-0.1, -0.05) is 0 Å². The third kappa shape index (κ3) is 3.52. The summed E-state index contributed by atoms with van der Waals surface area (Å²) >= 11 is 0. The van der Waals surface area contributed by atoms with Gasteiger partial charge in [-0.25, -0.2) is 18.6 Å². The Morgan fingerprint density at radius 3 is 2.81 bits per heavy atom. The predicted molar refractivity (Wildman–Crippen MR) is 89.3 cm³/mol. The van der Waals surface area contributed by atoms with Crippen LogP contribution in [0.2, 0.25) is 0 Å². The van der Waals surface area contributed by atoms with Crippen molar-refractivity contribution in [1.82, 2.24) is 9.55 Å². The minimum absolute atomic E-state index is 0.0525. The van der Waals surface area contributed by atoms with Gasteiger partial charge in [0.1, 0.15) is 24.0 Å². The summed E-state index contributed by atoms with van der Waals surface area (Å²) in [4.78, 5) is 16.4. The zero-order chi connectivity index (χ0) is 18.8. The third-order valence-corrected chi connectivity index (χ3v) is 4.06. The number of hydrogen-bond donors (Lipinski definition) is 0. The molecule has 0 aliphatic carbocycles. The lowest BCUT2D eigenvalue weighted by atomic mass is 10.1. The second kappa shape index (κ2) is 7.16. The highest BCUT2D eigenvalue weighted by atomic mass is 19.1. The molecule has 0 radical (unpaired) electrons. The molecular formula is C19H14F2N2O4. The van der Waals surface area contributed by atoms with E-state index in [1.54, 1.807) is 0 Å². The lowest BCUT2D eigenvalue weighted by Crippen LogP contribution is -2.15. The van der Waals surface area contributed by atoms with Crippen molar-refractivity contribution in [3.05, 3.63) is 77.4 Å². The van der Waals surface area contributed by atoms with Crippen molar-refractivity contribution in [3.63, 3.8) is 0 Å². The van der Waals surface area contributed by atoms with Crippen LogP contribution in [0.4, 0.5) is 8.78 Å². The van der Waals surface area contributed by atoms with Crippen molar-refractivity contribution in [2.75, 3.05) is 6.79 Å². The Labute approximate surface area is 152 Å². The predicted octanol–water partition coefficient (Wildman–Crippen LogP) is 3.37. The molecule has 2 heterocycles. The topological polar surface area (TPSA) is 62.6 Å². The van der Waals surface area contributed by atoms with Crippen LogP contribution in [0.1, 0.15) is 21.6 Å². The first-order valence-electron chi connectivity index (χ1n) is 8.09. The Morgan fingerprint density at radius 2 is 2.00 bits per heavy atom. The first kappa shape index (κ1) is 17.2. The maximum absolute atomic E-state index is 13.8. The number of nitrogens with zero attached hydrogens (tertiary/aromatic N) is 2. The van der Waals surface area contributed by atoms with Gasteiger partial charge in [-0.15, -0.1) is 0 Å². The number of rotatable bonds is 4. The van der Waals surface area contributed by atoms with Crippen LogP contribution in [0, 0.1) is 11.6 Å². The summed E-state index contributed by atoms with van der Waals surface area (Å²) in [6.45, 7) is 0.107. The molecule has 0 fully saturated rings. The van der Waals surface area contributed by atoms with Crippen molar-refractivity contribution < 1.29 is 27.8 Å². The highest BCUT2D eigenvalue weighted by molar-refractivity contribution is 5.88. The zero-order valence-electron chi connectivity index (χ0n) is 14.0. The summed E-state index contributed by atoms with van der Waals surface area (Å²) in [6, 6.07) is 8.18. The molecule has 4 rings (SSSR count). The number of esters is 1. The van der Waals surface area contributed by atoms with Crippen LogP contribution in [0.3, 0.4) is 0 Å². The second-order valence-electron chi connectivity index (χ2n) is 5.87. The first-order chi connectivity index (χ1) is 13.1. The van der Waals surface area contributed by atoms with Gasteiger partial charge in [0.05, 0.1) is 19.1 Å². The van der Waals surface area contributed by atoms with E-state index in [4.69, 9.17) is 14.2 Å². The maximum Gasteiger partial charge on any atom is 0.357 e. The average molecular weight is 372 g/mol. The second-order valence-corrected chi connectivity index (χ2v) is 5.87. The molecule has 0 saturated carbocycles. The number of imidazole rings is 1. The smallest absolute Gasteiger partial charge is 0.357 e. The van der Waals surface area contributed by atoms with Gasteiger partial charge in [-0.05, 0) is 36.4 Å². The Balaban J connectivity index is 1.54. The number of fused-ring (bicyclic) bond motifs is 1. The van der Waals surface area contributed by atoms with Gasteiger partial charge < -0.3 is 14.2 Å². The maximum atomic E-state index is 13.8. The monoisotopic (exact) mass is 372 g/mol. The summed E-state index contributed by atoms with van der Waals surface area (Å²) in [5.74, 6) is -1.04. The van der Waals surface area contributed by atoms with E-state index in [0.29, 0.717) is 22.6 Å². The number of halogens is 2. The Morgan fingerprint density at radius 1 is 1.19 bits per heavy atom. The van der Waals surface area contributed by atoms with Crippen molar-refractivity contribution >= 4 is 5.97 Å². The van der Waals surface area contributed by atoms with E-state index < -0.39 is 11.8 Å². The molecule has 27 heavy (non-hydrogen) atoms. The molecule has 0 N–H and O–H groups in total. The summed E-state index contributed by atoms with van der Waals surface area (Å²) in [7, 11) is 0. The van der Waals surface area contributed by atoms with Gasteiger partial charge in [0.25, 0.3) is 0 Å². The molecule has 0 saturated heterocycles. The van der Waals surface area contributed by atoms with Crippen molar-refractivity contribution in [2.24, 2.45) is 0 Å². The van der Waals surface area contributed by atoms with Crippen LogP contribution < -0.4 is 4.74 Å². The van der Waals surface area contributed by atoms with E-state index >= 15 is 0 Å². The number of hydrogen-bond acceptors (Lipinski definition) is 5. The van der Waals surface area contributed by atoms with E-state index in [2.05, 4.69) is 4.98 Å². The van der Waals surface area contributed by atoms with Crippen LogP contribution >= 0.6 is 0 Å². The fourth-order valence-corrected chi connectivity index (χ4v) is 2.83. The molecule has 0 bridgehead atoms. The minimum Gasteiger partial charge on any atom is -0.467 e. The lowest BCUT2D eigenvalue weighted by Gasteiger charge is -2.20. The SMILES string of the molecule is O=C(OCc1cc(F)cc2c1OCOC2)c1cncn1-c1ccc(F)cc1. The van der Waals surface area contributed by atoms with E-state index in [1.807, 2.05) is 0 Å². The van der Waals surface area contributed by atoms with Gasteiger partial charge in [0.2, 0.25) is 0 Å². The average Bonchev–Trinajstić information content (AvgIpc) is 3.16. The van der Waals surface area contributed by atoms with E-state index in [1.165, 1.54) is 53.5 Å². The Kier molecular flexibility index (Phi) is 4.55. The fraction of sp³-hybridized carbons (Fsp3) is 0.158. The van der Waals surface area contributed by atoms with E-state index in [9.17, 15) is 13.6 Å². The lowest BCUT2D eigenvalue weighted by molar-refractivity contribution is -0.0183. The minimum atomic E-state index is -0.651. The van der Waals surface area contributed by atoms with E-state index in [-0.39, 0.29) is 31.5 Å². The molecular weight excluding hydrogens is 358 g/mol. The van der Waals surface area contributed by atoms with Gasteiger partial charge in [-0.2, -0.15) is 0 Å². The van der Waals surface area contributed by atoms with Gasteiger partial charge in [0, 0.05) is 16.8 Å². The number of ether oxygens (including phenoxy) is 3. The van der Waals surface area contributed by atoms with E-state index in [0.717, 1.165) is 0 Å². The van der Waals surface area contributed by atoms with Crippen molar-refractivity contribution in [3.8, 4) is 11.4 Å². The highest BCUT2D eigenvalue weighted by Gasteiger charge is 2.20. The fourth-order valence-electron chi connectivity index (χ4n) is 2.83. The van der Waals surface area contributed by atoms with Crippen LogP contribution in [-0.2, 0) is 22.7 Å². The molecule has 1 aliphatic rings. The van der Waals surface area contributed by atoms with Gasteiger partial charge in [-0.3, -0.25) is 4.57 Å². The number of carbonyl (C=O) groups excluding carboxylic acids is 1. The van der Waals surface area contributed by atoms with Crippen LogP contribution in [-0.4, -0.2) is 22.3 Å². The van der Waals surface area contributed by atoms with Crippen LogP contribution in [0.15, 0.2) is 48.9 Å². The molecule has 8 heteroatoms. The molecule has 3 aromatic rings. The Hall–Kier alpha value is -3.26. The molecule has 0 atom stereocenters. The number of carbonyl (C=O) groups is 1. The zero-order valence-corrected chi connectivity index (χ0v) is 14.0. The summed E-state index contributed by atoms with van der Waals surface area (Å²) in [6.07, 6.45) is 2.77. The molecule has 138 valence electrons. The molecule has 0 spiro atoms. The highest BCUT2D eigenvalue weighted by Crippen LogP contribution is 2.30. The Bertz CT molecular complexity index is 986. The van der Waals surface area contributed by atoms with Crippen LogP contribution in [0.5, 0.6) is 5.75 Å². The van der Waals surface area contributed by atoms with Crippen LogP contribution in [0.25, 0.3) is 5.69 Å². The molecule has 1 aromatic heterocycles. The molecule has 0 amide bonds. The third-order valence-electron chi connectivity index (χ3n) is 4.06. The largest absolute Gasteiger partial charge is 0.467 e. The first-order valence-corrected chi connectivity index (χ1v) is 8.09. The number of benzene rings is 2. The normalized spacial score (nSPS) is 13.0. The number of aromatic nitrogens is 2. The molecule has 0 unspecified atom stereocenters. The summed E-state index contributed by atoms with van der Waals surface area (Å²) in [5, 5.41) is 0.